The van der Waals surface area contributed by atoms with Gasteiger partial charge in [-0.15, -0.1) is 0 Å². The zero-order valence-electron chi connectivity index (χ0n) is 17.9. The third-order valence-electron chi connectivity index (χ3n) is 4.16. The second-order valence-corrected chi connectivity index (χ2v) is 9.19. The molecule has 2 aromatic carbocycles. The molecule has 0 heterocycles. The second-order valence-electron chi connectivity index (χ2n) is 7.28. The van der Waals surface area contributed by atoms with Gasteiger partial charge in [-0.05, 0) is 50.1 Å². The quantitative estimate of drug-likeness (QED) is 0.581. The molecule has 1 amide bonds. The van der Waals surface area contributed by atoms with Gasteiger partial charge in [-0.1, -0.05) is 18.2 Å². The number of anilines is 2. The van der Waals surface area contributed by atoms with Crippen LogP contribution < -0.4 is 14.4 Å². The summed E-state index contributed by atoms with van der Waals surface area (Å²) in [6.07, 6.45) is 1.72. The van der Waals surface area contributed by atoms with Crippen molar-refractivity contribution >= 4 is 27.3 Å². The van der Waals surface area contributed by atoms with Crippen LogP contribution in [0.3, 0.4) is 0 Å². The number of carbonyl (C=O) groups is 1. The third-order valence-corrected chi connectivity index (χ3v) is 5.36. The largest absolute Gasteiger partial charge is 0.491 e. The van der Waals surface area contributed by atoms with E-state index in [-0.39, 0.29) is 25.0 Å². The second kappa shape index (κ2) is 11.0. The summed E-state index contributed by atoms with van der Waals surface area (Å²) in [7, 11) is -1.89. The molecule has 0 aromatic heterocycles. The number of nitrogens with one attached hydrogen (secondary N) is 1. The van der Waals surface area contributed by atoms with Crippen molar-refractivity contribution in [2.75, 3.05) is 29.5 Å². The van der Waals surface area contributed by atoms with Gasteiger partial charge in [0.05, 0.1) is 24.7 Å². The Morgan fingerprint density at radius 3 is 2.53 bits per heavy atom. The Morgan fingerprint density at radius 2 is 1.87 bits per heavy atom. The minimum absolute atomic E-state index is 0.0157. The monoisotopic (exact) mass is 434 g/mol. The molecule has 7 nitrogen and oxygen atoms in total. The van der Waals surface area contributed by atoms with E-state index < -0.39 is 10.0 Å². The fraction of sp³-hybridized carbons (Fsp3) is 0.409. The Morgan fingerprint density at radius 1 is 1.13 bits per heavy atom. The Balaban J connectivity index is 1.99. The summed E-state index contributed by atoms with van der Waals surface area (Å²) in [6, 6.07) is 14.4. The average molecular weight is 435 g/mol. The first-order valence-corrected chi connectivity index (χ1v) is 11.7. The van der Waals surface area contributed by atoms with E-state index in [1.807, 2.05) is 32.0 Å². The van der Waals surface area contributed by atoms with E-state index in [0.717, 1.165) is 11.8 Å². The standard InChI is InChI=1S/C22H30N2O5S/c1-17(2)29-21-11-6-10-20(15-21)24(30(4,26)27)13-7-12-22(25)23-19-9-5-8-18(14-19)16-28-3/h5-6,8-11,14-15,17H,7,12-13,16H2,1-4H3,(H,23,25). The van der Waals surface area contributed by atoms with Crippen molar-refractivity contribution < 1.29 is 22.7 Å². The van der Waals surface area contributed by atoms with E-state index in [1.54, 1.807) is 37.4 Å². The fourth-order valence-corrected chi connectivity index (χ4v) is 3.94. The zero-order valence-corrected chi connectivity index (χ0v) is 18.7. The van der Waals surface area contributed by atoms with E-state index >= 15 is 0 Å². The normalized spacial score (nSPS) is 11.4. The molecule has 0 aliphatic heterocycles. The van der Waals surface area contributed by atoms with Gasteiger partial charge in [-0.2, -0.15) is 0 Å². The average Bonchev–Trinajstić information content (AvgIpc) is 2.64. The summed E-state index contributed by atoms with van der Waals surface area (Å²) in [5, 5.41) is 2.84. The third kappa shape index (κ3) is 7.68. The van der Waals surface area contributed by atoms with Crippen LogP contribution in [0.1, 0.15) is 32.3 Å². The maximum Gasteiger partial charge on any atom is 0.232 e. The molecule has 0 saturated carbocycles. The molecule has 1 N–H and O–H groups in total. The summed E-state index contributed by atoms with van der Waals surface area (Å²) in [4.78, 5) is 12.3. The lowest BCUT2D eigenvalue weighted by molar-refractivity contribution is -0.116. The van der Waals surface area contributed by atoms with Gasteiger partial charge in [0.2, 0.25) is 15.9 Å². The maximum absolute atomic E-state index is 12.3. The number of sulfonamides is 1. The van der Waals surface area contributed by atoms with Gasteiger partial charge in [-0.3, -0.25) is 9.10 Å². The van der Waals surface area contributed by atoms with Gasteiger partial charge in [0, 0.05) is 31.8 Å². The molecular weight excluding hydrogens is 404 g/mol. The number of rotatable bonds is 11. The van der Waals surface area contributed by atoms with Crippen LogP contribution >= 0.6 is 0 Å². The van der Waals surface area contributed by atoms with Crippen LogP contribution in [-0.4, -0.2) is 40.3 Å². The molecule has 0 aliphatic rings. The molecule has 2 rings (SSSR count). The molecule has 0 aliphatic carbocycles. The van der Waals surface area contributed by atoms with E-state index in [2.05, 4.69) is 5.32 Å². The lowest BCUT2D eigenvalue weighted by atomic mass is 10.2. The van der Waals surface area contributed by atoms with Crippen LogP contribution in [-0.2, 0) is 26.2 Å². The number of nitrogens with zero attached hydrogens (tertiary/aromatic N) is 1. The minimum atomic E-state index is -3.50. The molecular formula is C22H30N2O5S. The molecule has 0 bridgehead atoms. The number of methoxy groups -OCH3 is 1. The van der Waals surface area contributed by atoms with Gasteiger partial charge < -0.3 is 14.8 Å². The van der Waals surface area contributed by atoms with Crippen molar-refractivity contribution in [1.82, 2.24) is 0 Å². The smallest absolute Gasteiger partial charge is 0.232 e. The van der Waals surface area contributed by atoms with Crippen LogP contribution in [0.5, 0.6) is 5.75 Å². The highest BCUT2D eigenvalue weighted by molar-refractivity contribution is 7.92. The molecule has 0 fully saturated rings. The molecule has 0 atom stereocenters. The Kier molecular flexibility index (Phi) is 8.68. The molecule has 8 heteroatoms. The van der Waals surface area contributed by atoms with Crippen LogP contribution in [0.2, 0.25) is 0 Å². The van der Waals surface area contributed by atoms with Crippen LogP contribution in [0.25, 0.3) is 0 Å². The highest BCUT2D eigenvalue weighted by Gasteiger charge is 2.18. The first-order chi connectivity index (χ1) is 14.2. The van der Waals surface area contributed by atoms with E-state index in [0.29, 0.717) is 30.2 Å². The summed E-state index contributed by atoms with van der Waals surface area (Å²) in [6.45, 7) is 4.48. The predicted octanol–water partition coefficient (Wildman–Crippen LogP) is 3.81. The summed E-state index contributed by atoms with van der Waals surface area (Å²) in [5.74, 6) is 0.430. The lowest BCUT2D eigenvalue weighted by Crippen LogP contribution is -2.31. The van der Waals surface area contributed by atoms with E-state index in [1.165, 1.54) is 4.31 Å². The maximum atomic E-state index is 12.3. The SMILES string of the molecule is COCc1cccc(NC(=O)CCCN(c2cccc(OC(C)C)c2)S(C)(=O)=O)c1. The van der Waals surface area contributed by atoms with E-state index in [9.17, 15) is 13.2 Å². The molecule has 164 valence electrons. The molecule has 0 unspecified atom stereocenters. The molecule has 2 aromatic rings. The van der Waals surface area contributed by atoms with Crippen molar-refractivity contribution in [1.29, 1.82) is 0 Å². The Labute approximate surface area is 179 Å². The van der Waals surface area contributed by atoms with Crippen molar-refractivity contribution in [3.05, 3.63) is 54.1 Å². The Bertz CT molecular complexity index is 944. The molecule has 0 radical (unpaired) electrons. The first kappa shape index (κ1) is 23.7. The number of hydrogen-bond acceptors (Lipinski definition) is 5. The van der Waals surface area contributed by atoms with E-state index in [4.69, 9.17) is 9.47 Å². The number of benzene rings is 2. The summed E-state index contributed by atoms with van der Waals surface area (Å²) in [5.41, 5.74) is 2.17. The zero-order chi connectivity index (χ0) is 22.1. The minimum Gasteiger partial charge on any atom is -0.491 e. The first-order valence-electron chi connectivity index (χ1n) is 9.81. The molecule has 30 heavy (non-hydrogen) atoms. The van der Waals surface area contributed by atoms with Crippen molar-refractivity contribution in [3.8, 4) is 5.75 Å². The highest BCUT2D eigenvalue weighted by atomic mass is 32.2. The van der Waals surface area contributed by atoms with Crippen LogP contribution in [0, 0.1) is 0 Å². The highest BCUT2D eigenvalue weighted by Crippen LogP contribution is 2.24. The lowest BCUT2D eigenvalue weighted by Gasteiger charge is -2.23. The predicted molar refractivity (Wildman–Crippen MR) is 119 cm³/mol. The van der Waals surface area contributed by atoms with Gasteiger partial charge in [0.1, 0.15) is 5.75 Å². The fourth-order valence-electron chi connectivity index (χ4n) is 2.98. The summed E-state index contributed by atoms with van der Waals surface area (Å²) < 4.78 is 36.7. The number of hydrogen-bond donors (Lipinski definition) is 1. The molecule has 0 spiro atoms. The van der Waals surface area contributed by atoms with Crippen molar-refractivity contribution in [2.45, 2.75) is 39.4 Å². The van der Waals surface area contributed by atoms with Gasteiger partial charge in [0.15, 0.2) is 0 Å². The molecule has 0 saturated heterocycles. The topological polar surface area (TPSA) is 84.9 Å². The van der Waals surface area contributed by atoms with Gasteiger partial charge >= 0.3 is 0 Å². The number of amides is 1. The summed E-state index contributed by atoms with van der Waals surface area (Å²) >= 11 is 0. The van der Waals surface area contributed by atoms with Crippen molar-refractivity contribution in [3.63, 3.8) is 0 Å². The van der Waals surface area contributed by atoms with Crippen LogP contribution in [0.15, 0.2) is 48.5 Å². The Hall–Kier alpha value is -2.58. The van der Waals surface area contributed by atoms with Crippen molar-refractivity contribution in [2.24, 2.45) is 0 Å². The number of carbonyl (C=O) groups excluding carboxylic acids is 1. The van der Waals surface area contributed by atoms with Crippen LogP contribution in [0.4, 0.5) is 11.4 Å². The van der Waals surface area contributed by atoms with Gasteiger partial charge in [0.25, 0.3) is 0 Å². The van der Waals surface area contributed by atoms with Gasteiger partial charge in [-0.25, -0.2) is 8.42 Å². The number of ether oxygens (including phenoxy) is 2.